The summed E-state index contributed by atoms with van der Waals surface area (Å²) in [5.74, 6) is -1.22. The molecular weight excluding hydrogens is 458 g/mol. The average molecular weight is 482 g/mol. The zero-order chi connectivity index (χ0) is 24.2. The van der Waals surface area contributed by atoms with Crippen molar-refractivity contribution in [3.8, 4) is 22.8 Å². The van der Waals surface area contributed by atoms with Crippen molar-refractivity contribution in [2.45, 2.75) is 44.8 Å². The van der Waals surface area contributed by atoms with E-state index in [-0.39, 0.29) is 34.0 Å². The number of benzene rings is 1. The van der Waals surface area contributed by atoms with Gasteiger partial charge < -0.3 is 19.9 Å². The number of aromatic nitrogens is 3. The van der Waals surface area contributed by atoms with Gasteiger partial charge in [-0.2, -0.15) is 15.3 Å². The first-order chi connectivity index (χ1) is 16.4. The monoisotopic (exact) mass is 481 g/mol. The predicted octanol–water partition coefficient (Wildman–Crippen LogP) is 3.34. The molecular formula is C23H23N5O5S. The molecule has 3 aromatic rings. The number of carbonyl (C=O) groups excluding carboxylic acids is 1. The fourth-order valence-corrected chi connectivity index (χ4v) is 4.56. The van der Waals surface area contributed by atoms with Crippen molar-refractivity contribution in [3.05, 3.63) is 52.2 Å². The minimum absolute atomic E-state index is 0.0158. The van der Waals surface area contributed by atoms with E-state index in [1.807, 2.05) is 6.92 Å². The van der Waals surface area contributed by atoms with Gasteiger partial charge in [0.1, 0.15) is 6.10 Å². The molecule has 10 nitrogen and oxygen atoms in total. The molecule has 1 aromatic carbocycles. The van der Waals surface area contributed by atoms with Crippen molar-refractivity contribution in [2.24, 2.45) is 0 Å². The molecule has 1 aliphatic carbocycles. The lowest BCUT2D eigenvalue weighted by Gasteiger charge is -2.29. The zero-order valence-corrected chi connectivity index (χ0v) is 19.5. The molecule has 4 rings (SSSR count). The molecule has 0 bridgehead atoms. The summed E-state index contributed by atoms with van der Waals surface area (Å²) in [6, 6.07) is 9.05. The summed E-state index contributed by atoms with van der Waals surface area (Å²) >= 11 is 0.929. The summed E-state index contributed by atoms with van der Waals surface area (Å²) in [4.78, 5) is 28.4. The van der Waals surface area contributed by atoms with Crippen molar-refractivity contribution in [1.82, 2.24) is 20.1 Å². The Hall–Kier alpha value is -3.91. The van der Waals surface area contributed by atoms with Crippen molar-refractivity contribution >= 4 is 23.2 Å². The van der Waals surface area contributed by atoms with Crippen LogP contribution in [0.2, 0.25) is 0 Å². The smallest absolute Gasteiger partial charge is 0.351 e. The average Bonchev–Trinajstić information content (AvgIpc) is 3.44. The normalized spacial score (nSPS) is 17.6. The number of hydrogen-bond acceptors (Lipinski definition) is 8. The van der Waals surface area contributed by atoms with Crippen molar-refractivity contribution in [1.29, 1.82) is 5.26 Å². The Balaban J connectivity index is 1.34. The molecule has 1 amide bonds. The van der Waals surface area contributed by atoms with Crippen LogP contribution in [0, 0.1) is 18.3 Å². The Bertz CT molecular complexity index is 1240. The van der Waals surface area contributed by atoms with E-state index in [1.54, 1.807) is 35.1 Å². The highest BCUT2D eigenvalue weighted by molar-refractivity contribution is 7.15. The molecule has 34 heavy (non-hydrogen) atoms. The highest BCUT2D eigenvalue weighted by Gasteiger charge is 2.28. The van der Waals surface area contributed by atoms with E-state index in [0.717, 1.165) is 17.0 Å². The number of thiazole rings is 1. The minimum atomic E-state index is -1.10. The summed E-state index contributed by atoms with van der Waals surface area (Å²) in [5, 5.41) is 25.9. The Morgan fingerprint density at radius 3 is 2.56 bits per heavy atom. The highest BCUT2D eigenvalue weighted by atomic mass is 32.1. The number of carboxylic acid groups (broad SMARTS) is 1. The summed E-state index contributed by atoms with van der Waals surface area (Å²) in [7, 11) is 1.43. The van der Waals surface area contributed by atoms with Crippen molar-refractivity contribution in [3.63, 3.8) is 0 Å². The van der Waals surface area contributed by atoms with Crippen LogP contribution in [0.4, 0.5) is 0 Å². The number of amides is 1. The van der Waals surface area contributed by atoms with Gasteiger partial charge in [0, 0.05) is 6.04 Å². The van der Waals surface area contributed by atoms with Crippen molar-refractivity contribution in [2.75, 3.05) is 7.11 Å². The number of ether oxygens (including phenoxy) is 2. The molecule has 0 aliphatic heterocycles. The predicted molar refractivity (Wildman–Crippen MR) is 123 cm³/mol. The molecule has 0 unspecified atom stereocenters. The molecule has 1 aliphatic rings. The molecule has 1 fully saturated rings. The molecule has 0 radical (unpaired) electrons. The van der Waals surface area contributed by atoms with Crippen LogP contribution in [0.3, 0.4) is 0 Å². The third-order valence-corrected chi connectivity index (χ3v) is 6.71. The van der Waals surface area contributed by atoms with Crippen LogP contribution in [0.1, 0.15) is 57.0 Å². The largest absolute Gasteiger partial charge is 0.477 e. The Morgan fingerprint density at radius 1 is 1.24 bits per heavy atom. The number of carboxylic acids is 1. The van der Waals surface area contributed by atoms with Gasteiger partial charge in [-0.1, -0.05) is 11.3 Å². The second kappa shape index (κ2) is 9.93. The van der Waals surface area contributed by atoms with Crippen LogP contribution >= 0.6 is 11.3 Å². The third-order valence-electron chi connectivity index (χ3n) is 5.73. The Morgan fingerprint density at radius 2 is 1.94 bits per heavy atom. The van der Waals surface area contributed by atoms with Crippen molar-refractivity contribution < 1.29 is 24.2 Å². The van der Waals surface area contributed by atoms with Gasteiger partial charge in [0.05, 0.1) is 41.9 Å². The standard InChI is InChI=1S/C23H23N5O5S/c1-13-18(12-25-28(13)16-7-3-14(11-24)4-8-16)20(29)26-15-5-9-17(10-6-15)33-21-19(22(30)31)34-23(27-21)32-2/h3-4,7-8,12,15,17H,5-6,9-10H2,1-2H3,(H,26,29)(H,30,31). The van der Waals surface area contributed by atoms with E-state index in [0.29, 0.717) is 42.5 Å². The van der Waals surface area contributed by atoms with E-state index in [4.69, 9.17) is 14.7 Å². The lowest BCUT2D eigenvalue weighted by molar-refractivity contribution is 0.0686. The van der Waals surface area contributed by atoms with Gasteiger partial charge in [0.25, 0.3) is 11.1 Å². The van der Waals surface area contributed by atoms with Crippen LogP contribution < -0.4 is 14.8 Å². The van der Waals surface area contributed by atoms with Crippen LogP contribution in [0.15, 0.2) is 30.5 Å². The Kier molecular flexibility index (Phi) is 6.79. The number of nitrogens with one attached hydrogen (secondary N) is 1. The Labute approximate surface area is 199 Å². The van der Waals surface area contributed by atoms with Gasteiger partial charge in [0.15, 0.2) is 4.88 Å². The van der Waals surface area contributed by atoms with Gasteiger partial charge in [0.2, 0.25) is 5.88 Å². The molecule has 2 N–H and O–H groups in total. The first kappa shape index (κ1) is 23.3. The van der Waals surface area contributed by atoms with Gasteiger partial charge in [-0.3, -0.25) is 4.79 Å². The number of nitriles is 1. The van der Waals surface area contributed by atoms with Crippen LogP contribution in [-0.4, -0.2) is 51.0 Å². The molecule has 0 saturated heterocycles. The summed E-state index contributed by atoms with van der Waals surface area (Å²) in [6.45, 7) is 1.83. The van der Waals surface area contributed by atoms with Gasteiger partial charge >= 0.3 is 5.97 Å². The van der Waals surface area contributed by atoms with Gasteiger partial charge in [-0.15, -0.1) is 0 Å². The van der Waals surface area contributed by atoms with E-state index in [9.17, 15) is 14.7 Å². The van der Waals surface area contributed by atoms with Gasteiger partial charge in [-0.05, 0) is 56.9 Å². The maximum Gasteiger partial charge on any atom is 0.351 e. The van der Waals surface area contributed by atoms with Crippen LogP contribution in [0.25, 0.3) is 5.69 Å². The lowest BCUT2D eigenvalue weighted by Crippen LogP contribution is -2.40. The number of methoxy groups -OCH3 is 1. The molecule has 1 saturated carbocycles. The van der Waals surface area contributed by atoms with Crippen LogP contribution in [0.5, 0.6) is 11.1 Å². The minimum Gasteiger partial charge on any atom is -0.477 e. The fraction of sp³-hybridized carbons (Fsp3) is 0.348. The molecule has 0 spiro atoms. The van der Waals surface area contributed by atoms with E-state index in [2.05, 4.69) is 21.5 Å². The third kappa shape index (κ3) is 4.87. The number of carbonyl (C=O) groups is 2. The van der Waals surface area contributed by atoms with E-state index in [1.165, 1.54) is 7.11 Å². The quantitative estimate of drug-likeness (QED) is 0.524. The zero-order valence-electron chi connectivity index (χ0n) is 18.6. The molecule has 2 heterocycles. The van der Waals surface area contributed by atoms with Crippen LogP contribution in [-0.2, 0) is 0 Å². The summed E-state index contributed by atoms with van der Waals surface area (Å²) in [5.41, 5.74) is 2.52. The fourth-order valence-electron chi connectivity index (χ4n) is 3.91. The van der Waals surface area contributed by atoms with E-state index < -0.39 is 5.97 Å². The number of hydrogen-bond donors (Lipinski definition) is 2. The molecule has 11 heteroatoms. The molecule has 176 valence electrons. The first-order valence-electron chi connectivity index (χ1n) is 10.7. The van der Waals surface area contributed by atoms with Gasteiger partial charge in [-0.25, -0.2) is 9.48 Å². The first-order valence-corrected chi connectivity index (χ1v) is 11.5. The molecule has 0 atom stereocenters. The summed E-state index contributed by atoms with van der Waals surface area (Å²) < 4.78 is 12.5. The lowest BCUT2D eigenvalue weighted by atomic mass is 9.92. The summed E-state index contributed by atoms with van der Waals surface area (Å²) in [6.07, 6.45) is 4.08. The van der Waals surface area contributed by atoms with E-state index >= 15 is 0 Å². The SMILES string of the molecule is COc1nc(OC2CCC(NC(=O)c3cnn(-c4ccc(C#N)cc4)c3C)CC2)c(C(=O)O)s1. The number of rotatable bonds is 7. The molecule has 2 aromatic heterocycles. The topological polar surface area (TPSA) is 139 Å². The highest BCUT2D eigenvalue weighted by Crippen LogP contribution is 2.33. The second-order valence-electron chi connectivity index (χ2n) is 7.90. The maximum absolute atomic E-state index is 12.9. The maximum atomic E-state index is 12.9. The number of nitrogens with zero attached hydrogens (tertiary/aromatic N) is 4. The second-order valence-corrected chi connectivity index (χ2v) is 8.86. The number of aromatic carboxylic acids is 1.